The summed E-state index contributed by atoms with van der Waals surface area (Å²) in [6.07, 6.45) is 6.84. The number of furan rings is 1. The fourth-order valence-electron chi connectivity index (χ4n) is 6.70. The fraction of sp³-hybridized carbons (Fsp3) is 0.444. The van der Waals surface area contributed by atoms with E-state index in [0.717, 1.165) is 29.9 Å². The van der Waals surface area contributed by atoms with Crippen LogP contribution >= 0.6 is 0 Å². The molecule has 4 aliphatic carbocycles. The van der Waals surface area contributed by atoms with Crippen LogP contribution in [-0.4, -0.2) is 51.1 Å². The van der Waals surface area contributed by atoms with Crippen LogP contribution in [0.15, 0.2) is 68.5 Å². The lowest BCUT2D eigenvalue weighted by atomic mass is 9.52. The van der Waals surface area contributed by atoms with Crippen LogP contribution in [0.4, 0.5) is 0 Å². The Bertz CT molecular complexity index is 1300. The summed E-state index contributed by atoms with van der Waals surface area (Å²) < 4.78 is 5.38. The molecule has 2 N–H and O–H groups in total. The van der Waals surface area contributed by atoms with Crippen LogP contribution in [-0.2, 0) is 14.4 Å². The van der Waals surface area contributed by atoms with E-state index in [4.69, 9.17) is 9.25 Å². The zero-order valence-corrected chi connectivity index (χ0v) is 19.7. The highest BCUT2D eigenvalue weighted by Crippen LogP contribution is 2.62. The van der Waals surface area contributed by atoms with E-state index in [0.29, 0.717) is 28.8 Å². The van der Waals surface area contributed by atoms with Gasteiger partial charge in [0, 0.05) is 22.5 Å². The van der Waals surface area contributed by atoms with Gasteiger partial charge in [-0.2, -0.15) is 5.06 Å². The quantitative estimate of drug-likeness (QED) is 0.687. The van der Waals surface area contributed by atoms with E-state index in [1.165, 1.54) is 24.0 Å². The average Bonchev–Trinajstić information content (AvgIpc) is 3.58. The van der Waals surface area contributed by atoms with E-state index in [9.17, 15) is 24.6 Å². The van der Waals surface area contributed by atoms with Crippen LogP contribution in [0.2, 0.25) is 0 Å². The molecule has 0 spiro atoms. The first-order valence-electron chi connectivity index (χ1n) is 12.1. The standard InChI is InChI=1S/C27H27NO7/c1-14-9-19-20(30)11-18-17-10-15-5-3-6-16(15)24(17)28(25(33)22-7-4-8-34-22)35-27(18,23(32)13-29)26(19,2)12-21(14)31/h4,7-9,11,14,21,29,31H,3,5-6,10,12-13H2,1-2H3/t14-,21-,26-,27+/m0/s1. The third kappa shape index (κ3) is 2.76. The largest absolute Gasteiger partial charge is 0.459 e. The van der Waals surface area contributed by atoms with Crippen LogP contribution in [0.1, 0.15) is 56.5 Å². The number of Topliss-reactive ketones (excluding diaryl/α,β-unsaturated/α-hetero) is 1. The van der Waals surface area contributed by atoms with Gasteiger partial charge >= 0.3 is 5.91 Å². The second-order valence-corrected chi connectivity index (χ2v) is 10.3. The van der Waals surface area contributed by atoms with Gasteiger partial charge in [-0.1, -0.05) is 25.5 Å². The van der Waals surface area contributed by atoms with E-state index in [1.807, 2.05) is 6.92 Å². The lowest BCUT2D eigenvalue weighted by Crippen LogP contribution is -2.66. The summed E-state index contributed by atoms with van der Waals surface area (Å²) in [6, 6.07) is 3.13. The maximum Gasteiger partial charge on any atom is 0.317 e. The average molecular weight is 478 g/mol. The van der Waals surface area contributed by atoms with Crippen molar-refractivity contribution in [3.05, 3.63) is 69.9 Å². The molecule has 0 saturated heterocycles. The Hall–Kier alpha value is -3.07. The first-order valence-corrected chi connectivity index (χ1v) is 12.1. The summed E-state index contributed by atoms with van der Waals surface area (Å²) in [7, 11) is 0. The summed E-state index contributed by atoms with van der Waals surface area (Å²) in [6.45, 7) is 2.67. The molecule has 0 fully saturated rings. The van der Waals surface area contributed by atoms with Gasteiger partial charge in [0.05, 0.1) is 18.1 Å². The summed E-state index contributed by atoms with van der Waals surface area (Å²) in [4.78, 5) is 47.4. The number of ketones is 2. The molecule has 1 aromatic heterocycles. The van der Waals surface area contributed by atoms with Gasteiger partial charge in [0.15, 0.2) is 22.9 Å². The monoisotopic (exact) mass is 477 g/mol. The molecule has 0 aromatic carbocycles. The van der Waals surface area contributed by atoms with Crippen molar-refractivity contribution in [2.45, 2.75) is 57.7 Å². The molecular weight excluding hydrogens is 450 g/mol. The fourth-order valence-corrected chi connectivity index (χ4v) is 6.70. The molecule has 8 heteroatoms. The molecule has 35 heavy (non-hydrogen) atoms. The minimum absolute atomic E-state index is 0.0491. The number of hydrogen-bond donors (Lipinski definition) is 2. The Morgan fingerprint density at radius 1 is 1.23 bits per heavy atom. The minimum Gasteiger partial charge on any atom is -0.459 e. The maximum absolute atomic E-state index is 13.7. The van der Waals surface area contributed by atoms with Crippen LogP contribution < -0.4 is 0 Å². The van der Waals surface area contributed by atoms with Gasteiger partial charge in [-0.05, 0) is 61.5 Å². The molecule has 0 unspecified atom stereocenters. The second-order valence-electron chi connectivity index (χ2n) is 10.3. The van der Waals surface area contributed by atoms with Crippen molar-refractivity contribution < 1.29 is 33.9 Å². The van der Waals surface area contributed by atoms with E-state index in [-0.39, 0.29) is 23.9 Å². The smallest absolute Gasteiger partial charge is 0.317 e. The lowest BCUT2D eigenvalue weighted by molar-refractivity contribution is -0.229. The number of carbonyl (C=O) groups is 3. The minimum atomic E-state index is -1.86. The summed E-state index contributed by atoms with van der Waals surface area (Å²) in [5, 5.41) is 22.1. The van der Waals surface area contributed by atoms with Gasteiger partial charge < -0.3 is 14.6 Å². The van der Waals surface area contributed by atoms with Gasteiger partial charge in [-0.25, -0.2) is 4.84 Å². The Kier molecular flexibility index (Phi) is 4.78. The van der Waals surface area contributed by atoms with Crippen molar-refractivity contribution in [1.29, 1.82) is 0 Å². The number of carbonyl (C=O) groups excluding carboxylic acids is 3. The van der Waals surface area contributed by atoms with Gasteiger partial charge in [0.25, 0.3) is 0 Å². The number of hydrogen-bond acceptors (Lipinski definition) is 7. The number of aliphatic hydroxyl groups excluding tert-OH is 2. The number of amides is 1. The number of nitrogens with zero attached hydrogens (tertiary/aromatic N) is 1. The molecule has 2 heterocycles. The van der Waals surface area contributed by atoms with Gasteiger partial charge in [0.2, 0.25) is 0 Å². The van der Waals surface area contributed by atoms with Crippen LogP contribution in [0.25, 0.3) is 0 Å². The topological polar surface area (TPSA) is 117 Å². The van der Waals surface area contributed by atoms with Gasteiger partial charge in [0.1, 0.15) is 6.61 Å². The Balaban J connectivity index is 1.64. The predicted octanol–water partition coefficient (Wildman–Crippen LogP) is 2.95. The summed E-state index contributed by atoms with van der Waals surface area (Å²) in [5.74, 6) is -1.72. The highest BCUT2D eigenvalue weighted by molar-refractivity contribution is 6.12. The summed E-state index contributed by atoms with van der Waals surface area (Å²) in [5.41, 5.74) is 1.02. The van der Waals surface area contributed by atoms with E-state index in [2.05, 4.69) is 0 Å². The highest BCUT2D eigenvalue weighted by Gasteiger charge is 2.68. The third-order valence-corrected chi connectivity index (χ3v) is 8.45. The Morgan fingerprint density at radius 3 is 2.74 bits per heavy atom. The van der Waals surface area contributed by atoms with E-state index < -0.39 is 35.4 Å². The maximum atomic E-state index is 13.7. The van der Waals surface area contributed by atoms with Crippen molar-refractivity contribution in [3.63, 3.8) is 0 Å². The van der Waals surface area contributed by atoms with Gasteiger partial charge in [-0.3, -0.25) is 14.4 Å². The molecule has 0 bridgehead atoms. The molecule has 5 aliphatic rings. The molecule has 1 aromatic rings. The molecule has 1 aliphatic heterocycles. The van der Waals surface area contributed by atoms with Crippen molar-refractivity contribution in [3.8, 4) is 0 Å². The molecule has 6 rings (SSSR count). The Morgan fingerprint density at radius 2 is 2.03 bits per heavy atom. The first kappa shape index (κ1) is 22.4. The lowest BCUT2D eigenvalue weighted by Gasteiger charge is -2.56. The summed E-state index contributed by atoms with van der Waals surface area (Å²) >= 11 is 0. The zero-order chi connectivity index (χ0) is 24.7. The normalized spacial score (nSPS) is 33.7. The van der Waals surface area contributed by atoms with Crippen LogP contribution in [0.3, 0.4) is 0 Å². The second kappa shape index (κ2) is 7.46. The first-order chi connectivity index (χ1) is 16.7. The van der Waals surface area contributed by atoms with Gasteiger partial charge in [-0.15, -0.1) is 0 Å². The number of hydroxylamine groups is 2. The number of allylic oxidation sites excluding steroid dienone is 3. The molecule has 1 amide bonds. The number of aliphatic hydroxyl groups is 2. The third-order valence-electron chi connectivity index (χ3n) is 8.45. The SMILES string of the molecule is C[C@H]1C=C2C(=O)C=C3C4=C(C5=C(CCC5)C4)N(C(=O)c4ccco4)O[C@]3(C(=O)CO)[C@@]2(C)C[C@@H]1O. The number of rotatable bonds is 3. The zero-order valence-electron chi connectivity index (χ0n) is 19.7. The molecule has 0 radical (unpaired) electrons. The highest BCUT2D eigenvalue weighted by atomic mass is 16.7. The van der Waals surface area contributed by atoms with Crippen molar-refractivity contribution in [2.75, 3.05) is 6.61 Å². The van der Waals surface area contributed by atoms with Crippen molar-refractivity contribution in [1.82, 2.24) is 5.06 Å². The molecule has 4 atom stereocenters. The van der Waals surface area contributed by atoms with E-state index >= 15 is 0 Å². The molecular formula is C27H27NO7. The molecule has 0 saturated carbocycles. The van der Waals surface area contributed by atoms with Crippen LogP contribution in [0, 0.1) is 11.3 Å². The molecule has 8 nitrogen and oxygen atoms in total. The van der Waals surface area contributed by atoms with Crippen molar-refractivity contribution >= 4 is 17.5 Å². The number of fused-ring (bicyclic) bond motifs is 5. The molecule has 182 valence electrons. The van der Waals surface area contributed by atoms with Crippen LogP contribution in [0.5, 0.6) is 0 Å². The van der Waals surface area contributed by atoms with E-state index in [1.54, 1.807) is 19.1 Å². The van der Waals surface area contributed by atoms with Crippen molar-refractivity contribution in [2.24, 2.45) is 11.3 Å². The predicted molar refractivity (Wildman–Crippen MR) is 122 cm³/mol. The Labute approximate surface area is 202 Å².